The first kappa shape index (κ1) is 18.8. The standard InChI is InChI=1S/C19H16FN5O3S/c1-10-21-17(24-25(10)12-6-4-11(20)5-7-12)18(26)23-19-22-13-8-14(27-2)15(28-3)9-16(13)29-19/h4-9H,1-3H3,(H,22,23,26). The van der Waals surface area contributed by atoms with E-state index in [1.807, 2.05) is 0 Å². The second-order valence-electron chi connectivity index (χ2n) is 6.02. The minimum absolute atomic E-state index is 0.0127. The van der Waals surface area contributed by atoms with Gasteiger partial charge in [-0.05, 0) is 31.2 Å². The Kier molecular flexibility index (Phi) is 4.85. The van der Waals surface area contributed by atoms with Crippen molar-refractivity contribution in [3.63, 3.8) is 0 Å². The molecule has 0 saturated heterocycles. The second-order valence-corrected chi connectivity index (χ2v) is 7.05. The number of hydrogen-bond acceptors (Lipinski definition) is 7. The van der Waals surface area contributed by atoms with Gasteiger partial charge in [0.15, 0.2) is 16.6 Å². The number of ether oxygens (including phenoxy) is 2. The highest BCUT2D eigenvalue weighted by Crippen LogP contribution is 2.36. The van der Waals surface area contributed by atoms with Gasteiger partial charge in [0.2, 0.25) is 5.82 Å². The number of methoxy groups -OCH3 is 2. The number of benzene rings is 2. The molecule has 1 N–H and O–H groups in total. The fraction of sp³-hybridized carbons (Fsp3) is 0.158. The Morgan fingerprint density at radius 1 is 1.10 bits per heavy atom. The van der Waals surface area contributed by atoms with Gasteiger partial charge < -0.3 is 9.47 Å². The van der Waals surface area contributed by atoms with E-state index in [0.717, 1.165) is 4.70 Å². The van der Waals surface area contributed by atoms with Crippen molar-refractivity contribution in [3.05, 3.63) is 53.9 Å². The number of fused-ring (bicyclic) bond motifs is 1. The van der Waals surface area contributed by atoms with Gasteiger partial charge in [0.25, 0.3) is 5.91 Å². The normalized spacial score (nSPS) is 10.9. The van der Waals surface area contributed by atoms with E-state index in [1.54, 1.807) is 45.4 Å². The molecular formula is C19H16FN5O3S. The molecule has 4 aromatic rings. The minimum Gasteiger partial charge on any atom is -0.493 e. The summed E-state index contributed by atoms with van der Waals surface area (Å²) in [5.41, 5.74) is 1.28. The number of aromatic nitrogens is 4. The molecule has 0 aliphatic rings. The number of anilines is 1. The van der Waals surface area contributed by atoms with E-state index >= 15 is 0 Å². The number of carbonyl (C=O) groups is 1. The van der Waals surface area contributed by atoms with E-state index in [-0.39, 0.29) is 11.6 Å². The summed E-state index contributed by atoms with van der Waals surface area (Å²) in [5.74, 6) is 0.776. The molecule has 2 heterocycles. The van der Waals surface area contributed by atoms with Gasteiger partial charge in [-0.25, -0.2) is 19.0 Å². The summed E-state index contributed by atoms with van der Waals surface area (Å²) in [7, 11) is 3.10. The summed E-state index contributed by atoms with van der Waals surface area (Å²) in [5, 5.41) is 7.33. The monoisotopic (exact) mass is 413 g/mol. The number of thiazole rings is 1. The van der Waals surface area contributed by atoms with E-state index in [1.165, 1.54) is 28.2 Å². The quantitative estimate of drug-likeness (QED) is 0.538. The maximum atomic E-state index is 13.1. The summed E-state index contributed by atoms with van der Waals surface area (Å²) in [6, 6.07) is 9.30. The lowest BCUT2D eigenvalue weighted by atomic mass is 10.3. The summed E-state index contributed by atoms with van der Waals surface area (Å²) in [6.07, 6.45) is 0. The SMILES string of the molecule is COc1cc2nc(NC(=O)c3nc(C)n(-c4ccc(F)cc4)n3)sc2cc1OC. The topological polar surface area (TPSA) is 91.2 Å². The smallest absolute Gasteiger partial charge is 0.297 e. The Balaban J connectivity index is 1.59. The van der Waals surface area contributed by atoms with Crippen LogP contribution < -0.4 is 14.8 Å². The van der Waals surface area contributed by atoms with Crippen LogP contribution in [0.15, 0.2) is 36.4 Å². The predicted molar refractivity (Wildman–Crippen MR) is 107 cm³/mol. The summed E-state index contributed by atoms with van der Waals surface area (Å²) in [6.45, 7) is 1.71. The molecule has 8 nitrogen and oxygen atoms in total. The number of hydrogen-bond donors (Lipinski definition) is 1. The maximum absolute atomic E-state index is 13.1. The Bertz CT molecular complexity index is 1160. The molecule has 10 heteroatoms. The summed E-state index contributed by atoms with van der Waals surface area (Å²) in [4.78, 5) is 21.2. The van der Waals surface area contributed by atoms with E-state index in [9.17, 15) is 9.18 Å². The van der Waals surface area contributed by atoms with Gasteiger partial charge >= 0.3 is 0 Å². The number of nitrogens with one attached hydrogen (secondary N) is 1. The molecule has 4 rings (SSSR count). The Morgan fingerprint density at radius 2 is 1.79 bits per heavy atom. The molecule has 148 valence electrons. The third-order valence-corrected chi connectivity index (χ3v) is 5.09. The van der Waals surface area contributed by atoms with Gasteiger partial charge in [0.05, 0.1) is 30.1 Å². The van der Waals surface area contributed by atoms with Crippen molar-refractivity contribution in [1.29, 1.82) is 0 Å². The average molecular weight is 413 g/mol. The molecule has 2 aromatic carbocycles. The first-order chi connectivity index (χ1) is 14.0. The molecule has 0 unspecified atom stereocenters. The van der Waals surface area contributed by atoms with Crippen LogP contribution >= 0.6 is 11.3 Å². The lowest BCUT2D eigenvalue weighted by molar-refractivity contribution is 0.101. The van der Waals surface area contributed by atoms with Crippen molar-refractivity contribution in [1.82, 2.24) is 19.7 Å². The number of aryl methyl sites for hydroxylation is 1. The third-order valence-electron chi connectivity index (χ3n) is 4.16. The van der Waals surface area contributed by atoms with E-state index in [2.05, 4.69) is 20.4 Å². The average Bonchev–Trinajstić information content (AvgIpc) is 3.29. The highest BCUT2D eigenvalue weighted by molar-refractivity contribution is 7.22. The molecule has 0 spiro atoms. The number of halogens is 1. The highest BCUT2D eigenvalue weighted by atomic mass is 32.1. The van der Waals surface area contributed by atoms with Gasteiger partial charge in [-0.2, -0.15) is 0 Å². The Hall–Kier alpha value is -3.53. The lowest BCUT2D eigenvalue weighted by Gasteiger charge is -2.05. The van der Waals surface area contributed by atoms with E-state index in [0.29, 0.717) is 33.7 Å². The van der Waals surface area contributed by atoms with Crippen LogP contribution in [-0.4, -0.2) is 39.9 Å². The zero-order valence-electron chi connectivity index (χ0n) is 15.8. The predicted octanol–water partition coefficient (Wildman–Crippen LogP) is 3.59. The van der Waals surface area contributed by atoms with E-state index in [4.69, 9.17) is 9.47 Å². The van der Waals surface area contributed by atoms with Crippen molar-refractivity contribution < 1.29 is 18.7 Å². The van der Waals surface area contributed by atoms with Crippen LogP contribution in [0, 0.1) is 12.7 Å². The van der Waals surface area contributed by atoms with Crippen LogP contribution in [0.3, 0.4) is 0 Å². The molecule has 0 fully saturated rings. The van der Waals surface area contributed by atoms with Crippen LogP contribution in [-0.2, 0) is 0 Å². The van der Waals surface area contributed by atoms with E-state index < -0.39 is 5.91 Å². The lowest BCUT2D eigenvalue weighted by Crippen LogP contribution is -2.14. The van der Waals surface area contributed by atoms with Crippen molar-refractivity contribution in [2.45, 2.75) is 6.92 Å². The van der Waals surface area contributed by atoms with Crippen molar-refractivity contribution in [3.8, 4) is 17.2 Å². The molecule has 0 aliphatic carbocycles. The van der Waals surface area contributed by atoms with Crippen LogP contribution in [0.4, 0.5) is 9.52 Å². The summed E-state index contributed by atoms with van der Waals surface area (Å²) >= 11 is 1.30. The van der Waals surface area contributed by atoms with Crippen LogP contribution in [0.2, 0.25) is 0 Å². The number of nitrogens with zero attached hydrogens (tertiary/aromatic N) is 4. The van der Waals surface area contributed by atoms with Gasteiger partial charge in [-0.1, -0.05) is 11.3 Å². The molecular weight excluding hydrogens is 397 g/mol. The molecule has 2 aromatic heterocycles. The Labute approximate surface area is 168 Å². The maximum Gasteiger partial charge on any atom is 0.297 e. The van der Waals surface area contributed by atoms with Crippen molar-refractivity contribution in [2.24, 2.45) is 0 Å². The van der Waals surface area contributed by atoms with Crippen molar-refractivity contribution in [2.75, 3.05) is 19.5 Å². The molecule has 1 amide bonds. The van der Waals surface area contributed by atoms with Gasteiger partial charge in [0.1, 0.15) is 11.6 Å². The fourth-order valence-electron chi connectivity index (χ4n) is 2.77. The minimum atomic E-state index is -0.494. The first-order valence-electron chi connectivity index (χ1n) is 8.52. The zero-order chi connectivity index (χ0) is 20.5. The third kappa shape index (κ3) is 3.61. The highest BCUT2D eigenvalue weighted by Gasteiger charge is 2.18. The zero-order valence-corrected chi connectivity index (χ0v) is 16.6. The molecule has 0 radical (unpaired) electrons. The largest absolute Gasteiger partial charge is 0.493 e. The first-order valence-corrected chi connectivity index (χ1v) is 9.33. The van der Waals surface area contributed by atoms with Crippen LogP contribution in [0.5, 0.6) is 11.5 Å². The van der Waals surface area contributed by atoms with Crippen LogP contribution in [0.25, 0.3) is 15.9 Å². The number of carbonyl (C=O) groups excluding carboxylic acids is 1. The van der Waals surface area contributed by atoms with Crippen molar-refractivity contribution >= 4 is 32.6 Å². The molecule has 29 heavy (non-hydrogen) atoms. The molecule has 0 saturated carbocycles. The Morgan fingerprint density at radius 3 is 2.48 bits per heavy atom. The van der Waals surface area contributed by atoms with Gasteiger partial charge in [-0.15, -0.1) is 5.10 Å². The fourth-order valence-corrected chi connectivity index (χ4v) is 3.65. The van der Waals surface area contributed by atoms with Gasteiger partial charge in [0, 0.05) is 12.1 Å². The molecule has 0 atom stereocenters. The molecule has 0 bridgehead atoms. The second kappa shape index (κ2) is 7.47. The van der Waals surface area contributed by atoms with Gasteiger partial charge in [-0.3, -0.25) is 10.1 Å². The number of rotatable bonds is 5. The number of amides is 1. The summed E-state index contributed by atoms with van der Waals surface area (Å²) < 4.78 is 26.0. The van der Waals surface area contributed by atoms with Crippen LogP contribution in [0.1, 0.15) is 16.4 Å². The molecule has 0 aliphatic heterocycles.